The van der Waals surface area contributed by atoms with Crippen molar-refractivity contribution in [1.29, 1.82) is 0 Å². The summed E-state index contributed by atoms with van der Waals surface area (Å²) in [6, 6.07) is 1.32. The zero-order valence-electron chi connectivity index (χ0n) is 18.5. The monoisotopic (exact) mass is 503 g/mol. The number of likely N-dealkylation sites (tertiary alicyclic amines) is 1. The van der Waals surface area contributed by atoms with Gasteiger partial charge in [0.25, 0.3) is 0 Å². The van der Waals surface area contributed by atoms with Gasteiger partial charge in [-0.15, -0.1) is 0 Å². The normalized spacial score (nSPS) is 31.8. The number of aliphatic hydroxyl groups excluding tert-OH is 1. The zero-order chi connectivity index (χ0) is 24.0. The van der Waals surface area contributed by atoms with E-state index in [9.17, 15) is 22.3 Å². The van der Waals surface area contributed by atoms with Crippen LogP contribution in [0.15, 0.2) is 35.4 Å². The maximum absolute atomic E-state index is 14.8. The summed E-state index contributed by atoms with van der Waals surface area (Å²) in [5.74, 6) is -0.188. The van der Waals surface area contributed by atoms with E-state index in [-0.39, 0.29) is 21.8 Å². The average Bonchev–Trinajstić information content (AvgIpc) is 3.09. The van der Waals surface area contributed by atoms with Crippen molar-refractivity contribution in [1.82, 2.24) is 9.88 Å². The first-order chi connectivity index (χ1) is 15.5. The molecule has 1 aromatic heterocycles. The molecule has 0 aromatic carbocycles. The Labute approximate surface area is 197 Å². The number of allylic oxidation sites excluding steroid dienone is 1. The molecule has 3 heterocycles. The largest absolute Gasteiger partial charge is 0.376 e. The molecule has 0 spiro atoms. The third kappa shape index (κ3) is 5.09. The van der Waals surface area contributed by atoms with Crippen molar-refractivity contribution in [2.24, 2.45) is 0 Å². The number of ether oxygens (including phenoxy) is 1. The topological polar surface area (TPSA) is 83.0 Å². The van der Waals surface area contributed by atoms with Crippen LogP contribution in [0, 0.1) is 5.82 Å². The van der Waals surface area contributed by atoms with E-state index >= 15 is 0 Å². The molecule has 1 N–H and O–H groups in total. The van der Waals surface area contributed by atoms with Crippen LogP contribution in [0.2, 0.25) is 5.02 Å². The van der Waals surface area contributed by atoms with Crippen LogP contribution in [-0.4, -0.2) is 79.4 Å². The lowest BCUT2D eigenvalue weighted by Crippen LogP contribution is -2.50. The highest BCUT2D eigenvalue weighted by Gasteiger charge is 2.44. The number of aromatic nitrogens is 1. The quantitative estimate of drug-likeness (QED) is 0.661. The molecule has 33 heavy (non-hydrogen) atoms. The molecule has 2 aliphatic heterocycles. The van der Waals surface area contributed by atoms with Crippen LogP contribution in [0.5, 0.6) is 0 Å². The van der Waals surface area contributed by atoms with Gasteiger partial charge in [0.05, 0.1) is 16.0 Å². The number of alkyl halides is 1. The van der Waals surface area contributed by atoms with Gasteiger partial charge in [0.2, 0.25) is 0 Å². The molecule has 3 aliphatic rings. The number of aliphatic hydroxyl groups is 1. The van der Waals surface area contributed by atoms with E-state index in [1.807, 2.05) is 9.80 Å². The second-order valence-corrected chi connectivity index (χ2v) is 11.5. The van der Waals surface area contributed by atoms with Crippen molar-refractivity contribution in [3.63, 3.8) is 0 Å². The number of sulfone groups is 1. The molecule has 2 saturated heterocycles. The highest BCUT2D eigenvalue weighted by molar-refractivity contribution is 7.94. The number of pyridine rings is 1. The summed E-state index contributed by atoms with van der Waals surface area (Å²) in [6.45, 7) is 3.30. The molecular weight excluding hydrogens is 476 g/mol. The number of hydrogen-bond acceptors (Lipinski definition) is 7. The first kappa shape index (κ1) is 24.5. The molecule has 3 unspecified atom stereocenters. The fourth-order valence-corrected chi connectivity index (χ4v) is 5.55. The molecule has 0 amide bonds. The SMILES string of the molecule is CC1(O[C@H]2CCN(C3CCN(c4ncc(Cl)cc4F)CC3)C2O)C=CC(S(C)(=O)=O)=CC1F. The number of nitrogens with zero attached hydrogens (tertiary/aromatic N) is 3. The maximum Gasteiger partial charge on any atom is 0.175 e. The Morgan fingerprint density at radius 3 is 2.58 bits per heavy atom. The van der Waals surface area contributed by atoms with Crippen molar-refractivity contribution >= 4 is 27.3 Å². The molecule has 182 valence electrons. The third-order valence-electron chi connectivity index (χ3n) is 6.64. The van der Waals surface area contributed by atoms with E-state index in [1.165, 1.54) is 24.4 Å². The molecule has 1 aromatic rings. The second kappa shape index (κ2) is 9.22. The third-order valence-corrected chi connectivity index (χ3v) is 7.97. The first-order valence-electron chi connectivity index (χ1n) is 10.9. The lowest BCUT2D eigenvalue weighted by Gasteiger charge is -2.40. The van der Waals surface area contributed by atoms with Crippen LogP contribution in [0.4, 0.5) is 14.6 Å². The summed E-state index contributed by atoms with van der Waals surface area (Å²) in [4.78, 5) is 7.84. The van der Waals surface area contributed by atoms with Crippen molar-refractivity contribution in [3.8, 4) is 0 Å². The van der Waals surface area contributed by atoms with Crippen molar-refractivity contribution in [2.75, 3.05) is 30.8 Å². The van der Waals surface area contributed by atoms with E-state index in [1.54, 1.807) is 6.92 Å². The van der Waals surface area contributed by atoms with E-state index in [0.29, 0.717) is 38.9 Å². The smallest absolute Gasteiger partial charge is 0.175 e. The van der Waals surface area contributed by atoms with E-state index in [4.69, 9.17) is 16.3 Å². The Kier molecular flexibility index (Phi) is 6.85. The molecule has 4 rings (SSSR count). The fourth-order valence-electron chi connectivity index (χ4n) is 4.72. The summed E-state index contributed by atoms with van der Waals surface area (Å²) < 4.78 is 58.4. The van der Waals surface area contributed by atoms with Gasteiger partial charge in [-0.1, -0.05) is 11.6 Å². The summed E-state index contributed by atoms with van der Waals surface area (Å²) in [5, 5.41) is 11.2. The van der Waals surface area contributed by atoms with Gasteiger partial charge in [0.1, 0.15) is 11.8 Å². The van der Waals surface area contributed by atoms with Crippen LogP contribution in [0.3, 0.4) is 0 Å². The molecule has 11 heteroatoms. The van der Waals surface area contributed by atoms with Crippen LogP contribution in [0.25, 0.3) is 0 Å². The number of halogens is 3. The second-order valence-electron chi connectivity index (χ2n) is 9.03. The molecule has 2 fully saturated rings. The lowest BCUT2D eigenvalue weighted by molar-refractivity contribution is -0.143. The Bertz CT molecular complexity index is 1060. The Hall–Kier alpha value is -1.59. The number of piperidine rings is 1. The summed E-state index contributed by atoms with van der Waals surface area (Å²) in [6.07, 6.45) is 5.02. The van der Waals surface area contributed by atoms with Gasteiger partial charge in [-0.05, 0) is 50.5 Å². The molecular formula is C22H28ClF2N3O4S. The number of anilines is 1. The molecule has 4 atom stereocenters. The minimum Gasteiger partial charge on any atom is -0.376 e. The Balaban J connectivity index is 1.36. The predicted molar refractivity (Wildman–Crippen MR) is 122 cm³/mol. The predicted octanol–water partition coefficient (Wildman–Crippen LogP) is 2.85. The van der Waals surface area contributed by atoms with Gasteiger partial charge in [0.15, 0.2) is 27.6 Å². The van der Waals surface area contributed by atoms with E-state index < -0.39 is 39.8 Å². The van der Waals surface area contributed by atoms with Crippen LogP contribution in [0.1, 0.15) is 26.2 Å². The fraction of sp³-hybridized carbons (Fsp3) is 0.591. The standard InChI is InChI=1S/C22H28ClF2N3O4S/c1-22(7-3-16(12-19(22)25)33(2,30)31)32-18-6-10-28(21(18)29)15-4-8-27(9-5-15)20-17(24)11-14(23)13-26-20/h3,7,11-13,15,18-19,21,29H,4-6,8-10H2,1-2H3/t18-,19?,21?,22?/m0/s1. The number of hydrogen-bond donors (Lipinski definition) is 1. The van der Waals surface area contributed by atoms with E-state index in [2.05, 4.69) is 4.98 Å². The molecule has 0 radical (unpaired) electrons. The van der Waals surface area contributed by atoms with E-state index in [0.717, 1.165) is 12.3 Å². The Morgan fingerprint density at radius 2 is 1.97 bits per heavy atom. The zero-order valence-corrected chi connectivity index (χ0v) is 20.1. The van der Waals surface area contributed by atoms with Crippen molar-refractivity contribution < 1.29 is 27.0 Å². The summed E-state index contributed by atoms with van der Waals surface area (Å²) >= 11 is 5.79. The van der Waals surface area contributed by atoms with Crippen LogP contribution >= 0.6 is 11.6 Å². The molecule has 0 saturated carbocycles. The van der Waals surface area contributed by atoms with Crippen LogP contribution in [-0.2, 0) is 14.6 Å². The minimum absolute atomic E-state index is 0.0767. The van der Waals surface area contributed by atoms with Gasteiger partial charge in [-0.25, -0.2) is 22.2 Å². The van der Waals surface area contributed by atoms with Crippen LogP contribution < -0.4 is 4.90 Å². The van der Waals surface area contributed by atoms with Gasteiger partial charge in [-0.3, -0.25) is 4.90 Å². The van der Waals surface area contributed by atoms with Crippen molar-refractivity contribution in [3.05, 3.63) is 46.2 Å². The molecule has 1 aliphatic carbocycles. The molecule has 7 nitrogen and oxygen atoms in total. The van der Waals surface area contributed by atoms with Crippen molar-refractivity contribution in [2.45, 2.75) is 56.3 Å². The maximum atomic E-state index is 14.8. The minimum atomic E-state index is -3.52. The molecule has 0 bridgehead atoms. The lowest BCUT2D eigenvalue weighted by atomic mass is 9.95. The highest BCUT2D eigenvalue weighted by atomic mass is 35.5. The van der Waals surface area contributed by atoms with Gasteiger partial charge in [0, 0.05) is 38.1 Å². The van der Waals surface area contributed by atoms with Gasteiger partial charge >= 0.3 is 0 Å². The van der Waals surface area contributed by atoms with Gasteiger partial charge < -0.3 is 14.7 Å². The summed E-state index contributed by atoms with van der Waals surface area (Å²) in [5.41, 5.74) is -1.36. The average molecular weight is 504 g/mol. The highest BCUT2D eigenvalue weighted by Crippen LogP contribution is 2.35. The number of rotatable bonds is 5. The first-order valence-corrected chi connectivity index (χ1v) is 13.2. The summed E-state index contributed by atoms with van der Waals surface area (Å²) in [7, 11) is -3.52. The Morgan fingerprint density at radius 1 is 1.27 bits per heavy atom. The van der Waals surface area contributed by atoms with Gasteiger partial charge in [-0.2, -0.15) is 0 Å².